The number of benzene rings is 1. The van der Waals surface area contributed by atoms with E-state index in [0.717, 1.165) is 6.07 Å². The predicted molar refractivity (Wildman–Crippen MR) is 106 cm³/mol. The summed E-state index contributed by atoms with van der Waals surface area (Å²) in [5.41, 5.74) is 0.378. The maximum atomic E-state index is 13.4. The van der Waals surface area contributed by atoms with Gasteiger partial charge in [0.2, 0.25) is 11.8 Å². The molecule has 3 rings (SSSR count). The van der Waals surface area contributed by atoms with Crippen LogP contribution in [-0.2, 0) is 27.3 Å². The van der Waals surface area contributed by atoms with Crippen molar-refractivity contribution in [1.82, 2.24) is 15.5 Å². The van der Waals surface area contributed by atoms with Gasteiger partial charge in [0.1, 0.15) is 18.2 Å². The van der Waals surface area contributed by atoms with Crippen molar-refractivity contribution in [3.8, 4) is 5.75 Å². The van der Waals surface area contributed by atoms with Crippen LogP contribution in [0.5, 0.6) is 5.75 Å². The zero-order valence-electron chi connectivity index (χ0n) is 17.2. The van der Waals surface area contributed by atoms with Crippen molar-refractivity contribution in [3.05, 3.63) is 53.1 Å². The standard InChI is InChI=1S/C20H20ClF4N3O5/c1-11(26-17(29)9-30-13-6-14(7-13)33-20(23,24)25)2-5-18-27-28-19(32-18)10-31-12-3-4-15(21)16(22)8-12/h3-4,8,13-14H,1-2,5-7,9-10H2,(H,26,29)/t13-,14+. The van der Waals surface area contributed by atoms with Gasteiger partial charge in [-0.2, -0.15) is 0 Å². The number of halogens is 5. The quantitative estimate of drug-likeness (QED) is 0.471. The van der Waals surface area contributed by atoms with Gasteiger partial charge in [0.15, 0.2) is 6.61 Å². The fourth-order valence-electron chi connectivity index (χ4n) is 2.85. The maximum absolute atomic E-state index is 13.4. The predicted octanol–water partition coefficient (Wildman–Crippen LogP) is 4.09. The second-order valence-corrected chi connectivity index (χ2v) is 7.60. The van der Waals surface area contributed by atoms with Crippen LogP contribution in [0.4, 0.5) is 17.6 Å². The summed E-state index contributed by atoms with van der Waals surface area (Å²) in [7, 11) is 0. The largest absolute Gasteiger partial charge is 0.522 e. The number of alkyl halides is 3. The molecule has 33 heavy (non-hydrogen) atoms. The number of aromatic nitrogens is 2. The third kappa shape index (κ3) is 8.30. The maximum Gasteiger partial charge on any atom is 0.522 e. The summed E-state index contributed by atoms with van der Waals surface area (Å²) in [6, 6.07) is 4.00. The van der Waals surface area contributed by atoms with E-state index in [1.807, 2.05) is 0 Å². The van der Waals surface area contributed by atoms with Crippen molar-refractivity contribution in [1.29, 1.82) is 0 Å². The molecule has 0 atom stereocenters. The number of carbonyl (C=O) groups excluding carboxylic acids is 1. The smallest absolute Gasteiger partial charge is 0.484 e. The minimum absolute atomic E-state index is 0.0199. The summed E-state index contributed by atoms with van der Waals surface area (Å²) in [6.07, 6.45) is -5.32. The first-order valence-corrected chi connectivity index (χ1v) is 10.2. The summed E-state index contributed by atoms with van der Waals surface area (Å²) in [5.74, 6) is -0.376. The molecule has 0 aliphatic heterocycles. The molecular formula is C20H20ClF4N3O5. The molecule has 0 spiro atoms. The van der Waals surface area contributed by atoms with Crippen molar-refractivity contribution >= 4 is 17.5 Å². The molecule has 1 fully saturated rings. The van der Waals surface area contributed by atoms with Crippen molar-refractivity contribution in [2.45, 2.75) is 50.9 Å². The monoisotopic (exact) mass is 493 g/mol. The third-order valence-corrected chi connectivity index (χ3v) is 4.83. The molecule has 1 amide bonds. The van der Waals surface area contributed by atoms with E-state index in [1.165, 1.54) is 12.1 Å². The molecule has 1 aromatic carbocycles. The lowest BCUT2D eigenvalue weighted by Gasteiger charge is -2.34. The molecule has 0 unspecified atom stereocenters. The zero-order valence-corrected chi connectivity index (χ0v) is 17.9. The Morgan fingerprint density at radius 3 is 2.67 bits per heavy atom. The Morgan fingerprint density at radius 1 is 1.24 bits per heavy atom. The van der Waals surface area contributed by atoms with E-state index in [1.54, 1.807) is 0 Å². The fourth-order valence-corrected chi connectivity index (χ4v) is 2.96. The van der Waals surface area contributed by atoms with Crippen LogP contribution >= 0.6 is 11.6 Å². The number of ether oxygens (including phenoxy) is 3. The summed E-state index contributed by atoms with van der Waals surface area (Å²) in [5, 5.41) is 10.2. The van der Waals surface area contributed by atoms with E-state index in [9.17, 15) is 22.4 Å². The van der Waals surface area contributed by atoms with Crippen molar-refractivity contribution in [3.63, 3.8) is 0 Å². The Labute approximate surface area is 190 Å². The minimum atomic E-state index is -4.67. The Bertz CT molecular complexity index is 979. The van der Waals surface area contributed by atoms with Crippen LogP contribution in [0.25, 0.3) is 0 Å². The van der Waals surface area contributed by atoms with Crippen LogP contribution in [0.1, 0.15) is 31.0 Å². The van der Waals surface area contributed by atoms with Crippen LogP contribution in [0.2, 0.25) is 5.02 Å². The second kappa shape index (κ2) is 10.9. The minimum Gasteiger partial charge on any atom is -0.484 e. The number of carbonyl (C=O) groups is 1. The third-order valence-electron chi connectivity index (χ3n) is 4.52. The Kier molecular flexibility index (Phi) is 8.27. The fraction of sp³-hybridized carbons (Fsp3) is 0.450. The molecule has 1 aromatic heterocycles. The molecule has 2 aromatic rings. The van der Waals surface area contributed by atoms with Crippen LogP contribution in [0.3, 0.4) is 0 Å². The van der Waals surface area contributed by atoms with Gasteiger partial charge < -0.3 is 19.2 Å². The SMILES string of the molecule is C=C(CCc1nnc(COc2ccc(Cl)c(F)c2)o1)NC(=O)CO[C@H]1C[C@@H](OC(F)(F)F)C1. The Hall–Kier alpha value is -2.70. The van der Waals surface area contributed by atoms with Gasteiger partial charge in [-0.25, -0.2) is 4.39 Å². The number of hydrogen-bond acceptors (Lipinski definition) is 7. The Balaban J connectivity index is 1.30. The molecule has 180 valence electrons. The zero-order chi connectivity index (χ0) is 24.0. The molecule has 0 saturated heterocycles. The van der Waals surface area contributed by atoms with Gasteiger partial charge in [-0.3, -0.25) is 9.53 Å². The van der Waals surface area contributed by atoms with E-state index in [2.05, 4.69) is 26.8 Å². The summed E-state index contributed by atoms with van der Waals surface area (Å²) < 4.78 is 69.5. The Morgan fingerprint density at radius 2 is 1.97 bits per heavy atom. The molecule has 1 saturated carbocycles. The van der Waals surface area contributed by atoms with Gasteiger partial charge >= 0.3 is 6.36 Å². The molecule has 0 radical (unpaired) electrons. The first kappa shape index (κ1) is 24.9. The number of nitrogens with zero attached hydrogens (tertiary/aromatic N) is 2. The molecule has 1 aliphatic carbocycles. The average molecular weight is 494 g/mol. The lowest BCUT2D eigenvalue weighted by Crippen LogP contribution is -2.42. The van der Waals surface area contributed by atoms with Crippen molar-refractivity contribution in [2.24, 2.45) is 0 Å². The first-order valence-electron chi connectivity index (χ1n) is 9.80. The van der Waals surface area contributed by atoms with Crippen molar-refractivity contribution in [2.75, 3.05) is 6.61 Å². The molecular weight excluding hydrogens is 474 g/mol. The number of hydrogen-bond donors (Lipinski definition) is 1. The molecule has 0 bridgehead atoms. The molecule has 13 heteroatoms. The lowest BCUT2D eigenvalue weighted by atomic mass is 9.92. The number of nitrogens with one attached hydrogen (secondary N) is 1. The van der Waals surface area contributed by atoms with Crippen molar-refractivity contribution < 1.29 is 41.0 Å². The number of rotatable bonds is 11. The van der Waals surface area contributed by atoms with Gasteiger partial charge in [-0.1, -0.05) is 18.2 Å². The average Bonchev–Trinajstić information content (AvgIpc) is 3.16. The molecule has 1 heterocycles. The number of aryl methyl sites for hydroxylation is 1. The van der Waals surface area contributed by atoms with Crippen LogP contribution in [0, 0.1) is 5.82 Å². The van der Waals surface area contributed by atoms with E-state index in [-0.39, 0.29) is 48.6 Å². The van der Waals surface area contributed by atoms with E-state index in [0.29, 0.717) is 18.5 Å². The summed E-state index contributed by atoms with van der Waals surface area (Å²) >= 11 is 5.61. The number of amides is 1. The van der Waals surface area contributed by atoms with Gasteiger partial charge in [-0.05, 0) is 18.6 Å². The molecule has 1 N–H and O–H groups in total. The lowest BCUT2D eigenvalue weighted by molar-refractivity contribution is -0.357. The molecule has 1 aliphatic rings. The van der Waals surface area contributed by atoms with Crippen LogP contribution in [-0.4, -0.2) is 41.3 Å². The number of allylic oxidation sites excluding steroid dienone is 1. The van der Waals surface area contributed by atoms with E-state index in [4.69, 9.17) is 25.5 Å². The first-order chi connectivity index (χ1) is 15.6. The van der Waals surface area contributed by atoms with E-state index < -0.39 is 30.3 Å². The normalized spacial score (nSPS) is 18.0. The van der Waals surface area contributed by atoms with Crippen LogP contribution in [0.15, 0.2) is 34.9 Å². The van der Waals surface area contributed by atoms with Crippen LogP contribution < -0.4 is 10.1 Å². The van der Waals surface area contributed by atoms with Gasteiger partial charge in [0, 0.05) is 31.0 Å². The summed E-state index contributed by atoms with van der Waals surface area (Å²) in [4.78, 5) is 11.9. The van der Waals surface area contributed by atoms with Gasteiger partial charge in [0.05, 0.1) is 17.2 Å². The highest BCUT2D eigenvalue weighted by Crippen LogP contribution is 2.32. The van der Waals surface area contributed by atoms with E-state index >= 15 is 0 Å². The highest BCUT2D eigenvalue weighted by atomic mass is 35.5. The van der Waals surface area contributed by atoms with Gasteiger partial charge in [-0.15, -0.1) is 23.4 Å². The topological polar surface area (TPSA) is 95.7 Å². The highest BCUT2D eigenvalue weighted by molar-refractivity contribution is 6.30. The molecule has 8 nitrogen and oxygen atoms in total. The van der Waals surface area contributed by atoms with Gasteiger partial charge in [0.25, 0.3) is 5.89 Å². The second-order valence-electron chi connectivity index (χ2n) is 7.20. The summed E-state index contributed by atoms with van der Waals surface area (Å²) in [6.45, 7) is 3.35. The highest BCUT2D eigenvalue weighted by Gasteiger charge is 2.40.